The lowest BCUT2D eigenvalue weighted by atomic mass is 10.3. The minimum atomic E-state index is -2.64. The number of hydrogen-bond donors (Lipinski definition) is 0. The van der Waals surface area contributed by atoms with Crippen LogP contribution in [0.25, 0.3) is 0 Å². The Hall–Kier alpha value is 0.140. The maximum Gasteiger partial charge on any atom is 0.281 e. The van der Waals surface area contributed by atoms with Crippen molar-refractivity contribution in [1.82, 2.24) is 4.98 Å². The number of carbonyl (C=O) groups excluding carboxylic acids is 1. The summed E-state index contributed by atoms with van der Waals surface area (Å²) in [4.78, 5) is 13.9. The van der Waals surface area contributed by atoms with Gasteiger partial charge in [-0.1, -0.05) is 0 Å². The molecule has 1 heterocycles. The second-order valence-electron chi connectivity index (χ2n) is 2.15. The van der Waals surface area contributed by atoms with Gasteiger partial charge in [0.25, 0.3) is 6.43 Å². The fourth-order valence-corrected chi connectivity index (χ4v) is 1.85. The van der Waals surface area contributed by atoms with Gasteiger partial charge in [0, 0.05) is 3.57 Å². The highest BCUT2D eigenvalue weighted by Crippen LogP contribution is 2.26. The first-order valence-corrected chi connectivity index (χ1v) is 5.31. The van der Waals surface area contributed by atoms with Gasteiger partial charge in [-0.05, 0) is 51.2 Å². The van der Waals surface area contributed by atoms with E-state index in [0.717, 1.165) is 0 Å². The molecule has 0 spiro atoms. The summed E-state index contributed by atoms with van der Waals surface area (Å²) in [5.41, 5.74) is -0.283. The van der Waals surface area contributed by atoms with Crippen LogP contribution in [0.5, 0.6) is 0 Å². The molecule has 2 nitrogen and oxygen atoms in total. The monoisotopic (exact) mass is 409 g/mol. The van der Waals surface area contributed by atoms with Crippen molar-refractivity contribution in [2.75, 3.05) is 0 Å². The van der Waals surface area contributed by atoms with Crippen molar-refractivity contribution in [3.8, 4) is 0 Å². The Bertz CT molecular complexity index is 344. The van der Waals surface area contributed by atoms with Crippen molar-refractivity contribution in [3.63, 3.8) is 0 Å². The van der Waals surface area contributed by atoms with Crippen LogP contribution in [0.2, 0.25) is 0 Å². The Kier molecular flexibility index (Phi) is 3.95. The van der Waals surface area contributed by atoms with E-state index < -0.39 is 6.43 Å². The van der Waals surface area contributed by atoms with Crippen LogP contribution in [0.1, 0.15) is 22.6 Å². The summed E-state index contributed by atoms with van der Waals surface area (Å²) in [5.74, 6) is 0. The molecule has 0 aliphatic carbocycles. The molecule has 0 unspecified atom stereocenters. The molecule has 0 bridgehead atoms. The number of alkyl halides is 2. The molecule has 0 saturated heterocycles. The quantitative estimate of drug-likeness (QED) is 0.556. The molecule has 0 N–H and O–H groups in total. The summed E-state index contributed by atoms with van der Waals surface area (Å²) in [6, 6.07) is 1.47. The number of hydrogen-bond acceptors (Lipinski definition) is 2. The van der Waals surface area contributed by atoms with Crippen LogP contribution in [0.15, 0.2) is 6.07 Å². The molecule has 70 valence electrons. The molecule has 0 aliphatic rings. The third kappa shape index (κ3) is 2.55. The zero-order valence-electron chi connectivity index (χ0n) is 6.10. The normalized spacial score (nSPS) is 10.5. The summed E-state index contributed by atoms with van der Waals surface area (Å²) in [6.45, 7) is 0. The first-order chi connectivity index (χ1) is 6.06. The van der Waals surface area contributed by atoms with E-state index in [1.54, 1.807) is 22.6 Å². The minimum absolute atomic E-state index is 0.0418. The maximum absolute atomic E-state index is 12.3. The number of carbonyl (C=O) groups is 1. The maximum atomic E-state index is 12.3. The average Bonchev–Trinajstić information content (AvgIpc) is 2.09. The number of pyridine rings is 1. The van der Waals surface area contributed by atoms with Gasteiger partial charge in [-0.2, -0.15) is 0 Å². The predicted octanol–water partition coefficient (Wildman–Crippen LogP) is 3.04. The molecule has 6 heteroatoms. The van der Waals surface area contributed by atoms with Gasteiger partial charge >= 0.3 is 0 Å². The second-order valence-corrected chi connectivity index (χ2v) is 4.39. The molecule has 0 aromatic carbocycles. The Labute approximate surface area is 100 Å². The zero-order valence-corrected chi connectivity index (χ0v) is 10.4. The molecule has 0 amide bonds. The van der Waals surface area contributed by atoms with Gasteiger partial charge < -0.3 is 0 Å². The van der Waals surface area contributed by atoms with E-state index in [9.17, 15) is 13.6 Å². The number of nitrogens with zero attached hydrogens (tertiary/aromatic N) is 1. The van der Waals surface area contributed by atoms with Gasteiger partial charge in [0.05, 0.1) is 3.57 Å². The lowest BCUT2D eigenvalue weighted by Gasteiger charge is -2.04. The van der Waals surface area contributed by atoms with Crippen LogP contribution < -0.4 is 0 Å². The number of rotatable bonds is 2. The summed E-state index contributed by atoms with van der Waals surface area (Å²) in [6.07, 6.45) is -2.18. The highest BCUT2D eigenvalue weighted by molar-refractivity contribution is 14.1. The van der Waals surface area contributed by atoms with E-state index in [0.29, 0.717) is 13.4 Å². The lowest BCUT2D eigenvalue weighted by molar-refractivity contribution is 0.111. The van der Waals surface area contributed by atoms with E-state index in [2.05, 4.69) is 4.98 Å². The lowest BCUT2D eigenvalue weighted by Crippen LogP contribution is -2.01. The third-order valence-corrected chi connectivity index (χ3v) is 4.30. The van der Waals surface area contributed by atoms with Gasteiger partial charge in [0.1, 0.15) is 11.4 Å². The van der Waals surface area contributed by atoms with Crippen LogP contribution in [-0.2, 0) is 0 Å². The highest BCUT2D eigenvalue weighted by atomic mass is 127. The summed E-state index contributed by atoms with van der Waals surface area (Å²) in [5, 5.41) is 0. The van der Waals surface area contributed by atoms with Crippen molar-refractivity contribution in [1.29, 1.82) is 0 Å². The highest BCUT2D eigenvalue weighted by Gasteiger charge is 2.16. The molecular formula is C7H3F2I2NO. The van der Waals surface area contributed by atoms with E-state index in [-0.39, 0.29) is 11.4 Å². The number of halogens is 4. The Morgan fingerprint density at radius 2 is 2.08 bits per heavy atom. The van der Waals surface area contributed by atoms with E-state index in [1.165, 1.54) is 6.07 Å². The Morgan fingerprint density at radius 1 is 1.46 bits per heavy atom. The van der Waals surface area contributed by atoms with Gasteiger partial charge in [-0.15, -0.1) is 0 Å². The molecule has 0 fully saturated rings. The van der Waals surface area contributed by atoms with E-state index >= 15 is 0 Å². The molecule has 0 atom stereocenters. The van der Waals surface area contributed by atoms with Gasteiger partial charge in [0.15, 0.2) is 6.29 Å². The van der Waals surface area contributed by atoms with Crippen LogP contribution in [0.4, 0.5) is 8.78 Å². The first kappa shape index (κ1) is 11.2. The summed E-state index contributed by atoms with van der Waals surface area (Å²) >= 11 is 3.68. The van der Waals surface area contributed by atoms with Crippen LogP contribution in [0, 0.1) is 7.14 Å². The molecular weight excluding hydrogens is 406 g/mol. The standard InChI is InChI=1S/C7H3F2I2NO/c8-7(9)6-5(11)4(10)1-3(2-13)12-6/h1-2,7H. The van der Waals surface area contributed by atoms with Gasteiger partial charge in [-0.3, -0.25) is 4.79 Å². The van der Waals surface area contributed by atoms with Crippen molar-refractivity contribution in [2.45, 2.75) is 6.43 Å². The molecule has 1 rings (SSSR count). The van der Waals surface area contributed by atoms with Crippen LogP contribution >= 0.6 is 45.2 Å². The Balaban J connectivity index is 3.32. The van der Waals surface area contributed by atoms with Crippen molar-refractivity contribution < 1.29 is 13.6 Å². The van der Waals surface area contributed by atoms with E-state index in [4.69, 9.17) is 0 Å². The SMILES string of the molecule is O=Cc1cc(I)c(I)c(C(F)F)n1. The molecule has 0 aliphatic heterocycles. The number of aldehydes is 1. The topological polar surface area (TPSA) is 30.0 Å². The molecule has 1 aromatic heterocycles. The zero-order chi connectivity index (χ0) is 10.0. The third-order valence-electron chi connectivity index (χ3n) is 1.29. The van der Waals surface area contributed by atoms with E-state index in [1.807, 2.05) is 22.6 Å². The van der Waals surface area contributed by atoms with Crippen LogP contribution in [-0.4, -0.2) is 11.3 Å². The second kappa shape index (κ2) is 4.58. The molecule has 0 radical (unpaired) electrons. The smallest absolute Gasteiger partial charge is 0.281 e. The van der Waals surface area contributed by atoms with Crippen molar-refractivity contribution in [2.24, 2.45) is 0 Å². The van der Waals surface area contributed by atoms with Gasteiger partial charge in [0.2, 0.25) is 0 Å². The van der Waals surface area contributed by atoms with Crippen LogP contribution in [0.3, 0.4) is 0 Å². The molecule has 13 heavy (non-hydrogen) atoms. The first-order valence-electron chi connectivity index (χ1n) is 3.15. The average molecular weight is 409 g/mol. The van der Waals surface area contributed by atoms with Gasteiger partial charge in [-0.25, -0.2) is 13.8 Å². The summed E-state index contributed by atoms with van der Waals surface area (Å²) in [7, 11) is 0. The molecule has 1 aromatic rings. The fourth-order valence-electron chi connectivity index (χ4n) is 0.741. The predicted molar refractivity (Wildman–Crippen MR) is 60.0 cm³/mol. The summed E-state index contributed by atoms with van der Waals surface area (Å²) < 4.78 is 25.7. The van der Waals surface area contributed by atoms with Crippen molar-refractivity contribution in [3.05, 3.63) is 24.6 Å². The van der Waals surface area contributed by atoms with Crippen molar-refractivity contribution >= 4 is 51.5 Å². The largest absolute Gasteiger partial charge is 0.296 e. The minimum Gasteiger partial charge on any atom is -0.296 e. The fraction of sp³-hybridized carbons (Fsp3) is 0.143. The number of aromatic nitrogens is 1. The molecule has 0 saturated carbocycles. The Morgan fingerprint density at radius 3 is 2.54 bits per heavy atom.